The molecule has 1 N–H and O–H groups in total. The largest absolute Gasteiger partial charge is 0.379 e. The Balaban J connectivity index is 1.44. The summed E-state index contributed by atoms with van der Waals surface area (Å²) in [6.07, 6.45) is 5.63. The highest BCUT2D eigenvalue weighted by Crippen LogP contribution is 2.50. The summed E-state index contributed by atoms with van der Waals surface area (Å²) >= 11 is 2.37. The van der Waals surface area contributed by atoms with Crippen LogP contribution in [0, 0.1) is 9.49 Å². The highest BCUT2D eigenvalue weighted by Gasteiger charge is 2.38. The molecule has 29 heavy (non-hydrogen) atoms. The Morgan fingerprint density at radius 1 is 1.07 bits per heavy atom. The van der Waals surface area contributed by atoms with E-state index in [0.29, 0.717) is 43.0 Å². The zero-order valence-corrected chi connectivity index (χ0v) is 18.9. The highest BCUT2D eigenvalue weighted by atomic mass is 127. The maximum Gasteiger partial charge on any atom is 0.243 e. The summed E-state index contributed by atoms with van der Waals surface area (Å²) in [5, 5.41) is 3.71. The number of nitrogens with one attached hydrogen (secondary N) is 1. The summed E-state index contributed by atoms with van der Waals surface area (Å²) in [6, 6.07) is 14.2. The van der Waals surface area contributed by atoms with E-state index in [1.165, 1.54) is 19.1 Å². The van der Waals surface area contributed by atoms with Crippen molar-refractivity contribution in [2.75, 3.05) is 31.6 Å². The lowest BCUT2D eigenvalue weighted by Gasteiger charge is -2.37. The van der Waals surface area contributed by atoms with E-state index in [2.05, 4.69) is 58.3 Å². The van der Waals surface area contributed by atoms with Crippen LogP contribution in [0.1, 0.15) is 29.5 Å². The molecule has 0 spiro atoms. The first-order chi connectivity index (χ1) is 14.0. The second-order valence-corrected chi connectivity index (χ2v) is 11.0. The third kappa shape index (κ3) is 3.52. The number of benzene rings is 2. The third-order valence-corrected chi connectivity index (χ3v) is 8.76. The summed E-state index contributed by atoms with van der Waals surface area (Å²) in [4.78, 5) is 0.356. The van der Waals surface area contributed by atoms with Crippen molar-refractivity contribution < 1.29 is 13.2 Å². The zero-order chi connectivity index (χ0) is 20.0. The quantitative estimate of drug-likeness (QED) is 0.487. The van der Waals surface area contributed by atoms with E-state index >= 15 is 0 Å². The van der Waals surface area contributed by atoms with E-state index in [1.807, 2.05) is 12.1 Å². The zero-order valence-electron chi connectivity index (χ0n) is 15.9. The molecule has 3 aliphatic rings. The average molecular weight is 522 g/mol. The molecular weight excluding hydrogens is 499 g/mol. The molecule has 5 rings (SSSR count). The minimum absolute atomic E-state index is 0.169. The number of nitrogens with zero attached hydrogens (tertiary/aromatic N) is 1. The molecule has 0 radical (unpaired) electrons. The number of morpholine rings is 1. The first-order valence-electron chi connectivity index (χ1n) is 9.94. The molecule has 3 atom stereocenters. The number of hydrogen-bond donors (Lipinski definition) is 1. The lowest BCUT2D eigenvalue weighted by atomic mass is 9.77. The van der Waals surface area contributed by atoms with Gasteiger partial charge in [0.1, 0.15) is 0 Å². The molecule has 0 bridgehead atoms. The SMILES string of the molecule is O=S(=O)(c1ccc([C@@H]2Nc3ccc(I)cc3[C@@H]3C=CC[C@H]32)cc1)N1CCOCC1. The van der Waals surface area contributed by atoms with E-state index in [1.54, 1.807) is 12.1 Å². The van der Waals surface area contributed by atoms with Gasteiger partial charge in [-0.05, 0) is 76.4 Å². The Morgan fingerprint density at radius 2 is 1.83 bits per heavy atom. The molecule has 5 nitrogen and oxygen atoms in total. The maximum absolute atomic E-state index is 12.9. The summed E-state index contributed by atoms with van der Waals surface area (Å²) < 4.78 is 33.8. The lowest BCUT2D eigenvalue weighted by molar-refractivity contribution is 0.0730. The van der Waals surface area contributed by atoms with Gasteiger partial charge in [-0.15, -0.1) is 0 Å². The number of hydrogen-bond acceptors (Lipinski definition) is 4. The van der Waals surface area contributed by atoms with Gasteiger partial charge in [-0.3, -0.25) is 0 Å². The molecule has 2 aromatic carbocycles. The van der Waals surface area contributed by atoms with Crippen LogP contribution in [0.2, 0.25) is 0 Å². The van der Waals surface area contributed by atoms with Crippen molar-refractivity contribution >= 4 is 38.3 Å². The molecule has 0 saturated carbocycles. The topological polar surface area (TPSA) is 58.6 Å². The average Bonchev–Trinajstić information content (AvgIpc) is 3.24. The third-order valence-electron chi connectivity index (χ3n) is 6.17. The fourth-order valence-electron chi connectivity index (χ4n) is 4.68. The van der Waals surface area contributed by atoms with Gasteiger partial charge in [0.25, 0.3) is 0 Å². The summed E-state index contributed by atoms with van der Waals surface area (Å²) in [7, 11) is -3.46. The predicted octanol–water partition coefficient (Wildman–Crippen LogP) is 4.14. The second kappa shape index (κ2) is 7.68. The molecule has 1 saturated heterocycles. The van der Waals surface area contributed by atoms with Crippen molar-refractivity contribution in [3.05, 3.63) is 69.3 Å². The first-order valence-corrected chi connectivity index (χ1v) is 12.5. The van der Waals surface area contributed by atoms with Gasteiger partial charge >= 0.3 is 0 Å². The number of sulfonamides is 1. The molecule has 1 fully saturated rings. The smallest absolute Gasteiger partial charge is 0.243 e. The van der Waals surface area contributed by atoms with Gasteiger partial charge in [0, 0.05) is 28.3 Å². The van der Waals surface area contributed by atoms with E-state index in [9.17, 15) is 8.42 Å². The summed E-state index contributed by atoms with van der Waals surface area (Å²) in [5.41, 5.74) is 3.67. The fourth-order valence-corrected chi connectivity index (χ4v) is 6.60. The summed E-state index contributed by atoms with van der Waals surface area (Å²) in [6.45, 7) is 1.74. The van der Waals surface area contributed by atoms with Crippen LogP contribution in [0.4, 0.5) is 5.69 Å². The fraction of sp³-hybridized carbons (Fsp3) is 0.364. The molecule has 2 heterocycles. The molecule has 152 valence electrons. The van der Waals surface area contributed by atoms with E-state index in [-0.39, 0.29) is 6.04 Å². The van der Waals surface area contributed by atoms with Crippen molar-refractivity contribution in [1.29, 1.82) is 0 Å². The minimum Gasteiger partial charge on any atom is -0.379 e. The number of rotatable bonds is 3. The van der Waals surface area contributed by atoms with Crippen LogP contribution in [0.5, 0.6) is 0 Å². The normalized spacial score (nSPS) is 26.6. The molecule has 2 aromatic rings. The molecule has 2 aliphatic heterocycles. The highest BCUT2D eigenvalue weighted by molar-refractivity contribution is 14.1. The number of allylic oxidation sites excluding steroid dienone is 2. The number of ether oxygens (including phenoxy) is 1. The van der Waals surface area contributed by atoms with Crippen LogP contribution in [0.25, 0.3) is 0 Å². The standard InChI is InChI=1S/C22H23IN2O3S/c23-16-6-9-21-20(14-16)18-2-1-3-19(18)22(24-21)15-4-7-17(8-5-15)29(26,27)25-10-12-28-13-11-25/h1-2,4-9,14,18-19,22,24H,3,10-13H2/t18-,19-,22+/m1/s1. The van der Waals surface area contributed by atoms with Gasteiger partial charge in [-0.2, -0.15) is 4.31 Å². The van der Waals surface area contributed by atoms with E-state index < -0.39 is 10.0 Å². The number of anilines is 1. The van der Waals surface area contributed by atoms with Gasteiger partial charge in [0.2, 0.25) is 10.0 Å². The van der Waals surface area contributed by atoms with Crippen molar-refractivity contribution in [2.45, 2.75) is 23.3 Å². The van der Waals surface area contributed by atoms with Crippen LogP contribution >= 0.6 is 22.6 Å². The Morgan fingerprint density at radius 3 is 2.59 bits per heavy atom. The lowest BCUT2D eigenvalue weighted by Crippen LogP contribution is -2.40. The Hall–Kier alpha value is -1.42. The molecule has 0 aromatic heterocycles. The molecule has 7 heteroatoms. The van der Waals surface area contributed by atoms with Gasteiger partial charge < -0.3 is 10.1 Å². The Bertz CT molecular complexity index is 1050. The Labute approximate surface area is 185 Å². The van der Waals surface area contributed by atoms with Crippen molar-refractivity contribution in [3.8, 4) is 0 Å². The van der Waals surface area contributed by atoms with Gasteiger partial charge in [0.05, 0.1) is 24.2 Å². The molecule has 0 unspecified atom stereocenters. The first kappa shape index (κ1) is 19.5. The van der Waals surface area contributed by atoms with Crippen LogP contribution in [-0.2, 0) is 14.8 Å². The Kier molecular flexibility index (Phi) is 5.18. The van der Waals surface area contributed by atoms with E-state index in [4.69, 9.17) is 4.74 Å². The second-order valence-electron chi connectivity index (χ2n) is 7.79. The van der Waals surface area contributed by atoms with Crippen molar-refractivity contribution in [2.24, 2.45) is 5.92 Å². The van der Waals surface area contributed by atoms with Crippen LogP contribution in [-0.4, -0.2) is 39.0 Å². The number of fused-ring (bicyclic) bond motifs is 3. The monoisotopic (exact) mass is 522 g/mol. The molecular formula is C22H23IN2O3S. The van der Waals surface area contributed by atoms with Gasteiger partial charge in [0.15, 0.2) is 0 Å². The maximum atomic E-state index is 12.9. The number of halogens is 1. The van der Waals surface area contributed by atoms with Crippen molar-refractivity contribution in [1.82, 2.24) is 4.31 Å². The van der Waals surface area contributed by atoms with Crippen LogP contribution in [0.3, 0.4) is 0 Å². The summed E-state index contributed by atoms with van der Waals surface area (Å²) in [5.74, 6) is 0.852. The predicted molar refractivity (Wildman–Crippen MR) is 122 cm³/mol. The van der Waals surface area contributed by atoms with Crippen molar-refractivity contribution in [3.63, 3.8) is 0 Å². The van der Waals surface area contributed by atoms with E-state index in [0.717, 1.165) is 12.0 Å². The minimum atomic E-state index is -3.46. The van der Waals surface area contributed by atoms with Gasteiger partial charge in [-0.1, -0.05) is 24.3 Å². The van der Waals surface area contributed by atoms with Crippen LogP contribution in [0.15, 0.2) is 59.5 Å². The molecule has 1 aliphatic carbocycles. The van der Waals surface area contributed by atoms with Crippen LogP contribution < -0.4 is 5.32 Å². The van der Waals surface area contributed by atoms with Gasteiger partial charge in [-0.25, -0.2) is 8.42 Å². The molecule has 0 amide bonds.